The van der Waals surface area contributed by atoms with E-state index in [1.807, 2.05) is 11.0 Å². The van der Waals surface area contributed by atoms with E-state index in [4.69, 9.17) is 22.1 Å². The van der Waals surface area contributed by atoms with Crippen molar-refractivity contribution in [3.8, 4) is 0 Å². The maximum Gasteiger partial charge on any atom is 0.252 e. The molecule has 1 saturated heterocycles. The summed E-state index contributed by atoms with van der Waals surface area (Å²) in [5.74, 6) is -0.469. The summed E-state index contributed by atoms with van der Waals surface area (Å²) < 4.78 is 5.15. The van der Waals surface area contributed by atoms with Crippen LogP contribution < -0.4 is 10.6 Å². The van der Waals surface area contributed by atoms with Crippen LogP contribution in [0, 0.1) is 5.92 Å². The largest absolute Gasteiger partial charge is 0.375 e. The van der Waals surface area contributed by atoms with Gasteiger partial charge in [0.25, 0.3) is 5.91 Å². The minimum absolute atomic E-state index is 0.0241. The van der Waals surface area contributed by atoms with Crippen LogP contribution in [0.1, 0.15) is 38.7 Å². The highest BCUT2D eigenvalue weighted by Crippen LogP contribution is 2.28. The van der Waals surface area contributed by atoms with E-state index in [9.17, 15) is 14.4 Å². The molecule has 36 heavy (non-hydrogen) atoms. The van der Waals surface area contributed by atoms with Gasteiger partial charge in [-0.15, -0.1) is 0 Å². The van der Waals surface area contributed by atoms with Crippen LogP contribution in [0.5, 0.6) is 0 Å². The summed E-state index contributed by atoms with van der Waals surface area (Å²) in [5, 5.41) is 0.540. The van der Waals surface area contributed by atoms with Crippen LogP contribution in [0.15, 0.2) is 18.2 Å². The Morgan fingerprint density at radius 2 is 1.78 bits per heavy atom. The molecule has 0 atom stereocenters. The molecule has 200 valence electrons. The van der Waals surface area contributed by atoms with E-state index in [0.717, 1.165) is 30.8 Å². The number of methoxy groups -OCH3 is 1. The van der Waals surface area contributed by atoms with E-state index in [-0.39, 0.29) is 30.2 Å². The van der Waals surface area contributed by atoms with Gasteiger partial charge < -0.3 is 20.3 Å². The number of carbonyl (C=O) groups excluding carboxylic acids is 3. The fourth-order valence-electron chi connectivity index (χ4n) is 4.98. The summed E-state index contributed by atoms with van der Waals surface area (Å²) in [5.41, 5.74) is 7.07. The Labute approximate surface area is 219 Å². The van der Waals surface area contributed by atoms with Gasteiger partial charge in [-0.1, -0.05) is 17.7 Å². The smallest absolute Gasteiger partial charge is 0.252 e. The van der Waals surface area contributed by atoms with Crippen molar-refractivity contribution in [2.45, 2.75) is 45.7 Å². The third-order valence-corrected chi connectivity index (χ3v) is 7.42. The second-order valence-corrected chi connectivity index (χ2v) is 10.4. The number of hydrogen-bond acceptors (Lipinski definition) is 6. The van der Waals surface area contributed by atoms with Crippen LogP contribution in [-0.2, 0) is 25.7 Å². The monoisotopic (exact) mass is 521 g/mol. The van der Waals surface area contributed by atoms with Gasteiger partial charge in [0.15, 0.2) is 0 Å². The van der Waals surface area contributed by atoms with Gasteiger partial charge in [0.05, 0.1) is 12.2 Å². The molecule has 2 heterocycles. The van der Waals surface area contributed by atoms with Gasteiger partial charge in [-0.2, -0.15) is 0 Å². The lowest BCUT2D eigenvalue weighted by Gasteiger charge is -2.33. The van der Waals surface area contributed by atoms with Crippen LogP contribution in [0.2, 0.25) is 5.02 Å². The van der Waals surface area contributed by atoms with Crippen molar-refractivity contribution < 1.29 is 19.1 Å². The fraction of sp³-hybridized carbons (Fsp3) is 0.654. The second kappa shape index (κ2) is 13.4. The van der Waals surface area contributed by atoms with Gasteiger partial charge in [0.2, 0.25) is 11.8 Å². The molecule has 1 aromatic rings. The predicted molar refractivity (Wildman–Crippen MR) is 141 cm³/mol. The molecule has 1 aromatic carbocycles. The minimum atomic E-state index is -0.259. The summed E-state index contributed by atoms with van der Waals surface area (Å²) in [4.78, 5) is 46.1. The average molecular weight is 522 g/mol. The highest BCUT2D eigenvalue weighted by molar-refractivity contribution is 6.31. The predicted octanol–water partition coefficient (Wildman–Crippen LogP) is 1.96. The van der Waals surface area contributed by atoms with Crippen LogP contribution >= 0.6 is 11.6 Å². The SMILES string of the molecule is COCC(=O)N1CCCN(C(C)C)CCN(C(=O)CN2CCC(C(N)=O)CC2)Cc2ccc(Cl)cc21. The molecule has 3 amide bonds. The quantitative estimate of drug-likeness (QED) is 0.614. The number of fused-ring (bicyclic) bond motifs is 1. The lowest BCUT2D eigenvalue weighted by Crippen LogP contribution is -2.47. The summed E-state index contributed by atoms with van der Waals surface area (Å²) in [6.07, 6.45) is 2.16. The van der Waals surface area contributed by atoms with E-state index in [1.54, 1.807) is 17.0 Å². The number of ether oxygens (including phenoxy) is 1. The molecule has 3 rings (SSSR count). The van der Waals surface area contributed by atoms with E-state index >= 15 is 0 Å². The van der Waals surface area contributed by atoms with Gasteiger partial charge in [-0.3, -0.25) is 24.2 Å². The number of likely N-dealkylation sites (tertiary alicyclic amines) is 1. The Kier molecular flexibility index (Phi) is 10.5. The zero-order chi connectivity index (χ0) is 26.2. The number of anilines is 1. The normalized spacial score (nSPS) is 19.1. The van der Waals surface area contributed by atoms with Gasteiger partial charge in [-0.25, -0.2) is 0 Å². The van der Waals surface area contributed by atoms with Gasteiger partial charge in [-0.05, 0) is 63.9 Å². The molecule has 0 radical (unpaired) electrons. The van der Waals surface area contributed by atoms with E-state index in [0.29, 0.717) is 63.2 Å². The Balaban J connectivity index is 1.85. The molecule has 0 saturated carbocycles. The number of halogens is 1. The standard InChI is InChI=1S/C26H40ClN5O4/c1-19(2)30-9-4-10-32(25(34)18-36-3)23-15-22(27)6-5-21(23)16-31(14-13-30)24(33)17-29-11-7-20(8-12-29)26(28)35/h5-6,15,19-20H,4,7-14,16-18H2,1-3H3,(H2,28,35). The summed E-state index contributed by atoms with van der Waals surface area (Å²) in [6.45, 7) is 9.00. The number of benzene rings is 1. The number of piperidine rings is 1. The number of amides is 3. The molecule has 9 nitrogen and oxygen atoms in total. The third-order valence-electron chi connectivity index (χ3n) is 7.18. The summed E-state index contributed by atoms with van der Waals surface area (Å²) >= 11 is 6.35. The molecular formula is C26H40ClN5O4. The van der Waals surface area contributed by atoms with Crippen molar-refractivity contribution in [3.05, 3.63) is 28.8 Å². The van der Waals surface area contributed by atoms with Crippen molar-refractivity contribution in [2.75, 3.05) is 64.4 Å². The molecule has 2 N–H and O–H groups in total. The third kappa shape index (κ3) is 7.65. The van der Waals surface area contributed by atoms with Crippen molar-refractivity contribution in [3.63, 3.8) is 0 Å². The van der Waals surface area contributed by atoms with Crippen molar-refractivity contribution in [2.24, 2.45) is 11.7 Å². The van der Waals surface area contributed by atoms with E-state index in [1.165, 1.54) is 7.11 Å². The number of primary amides is 1. The number of carbonyl (C=O) groups is 3. The summed E-state index contributed by atoms with van der Waals surface area (Å²) in [7, 11) is 1.51. The van der Waals surface area contributed by atoms with Gasteiger partial charge >= 0.3 is 0 Å². The van der Waals surface area contributed by atoms with Crippen LogP contribution in [-0.4, -0.2) is 98.0 Å². The molecular weight excluding hydrogens is 482 g/mol. The van der Waals surface area contributed by atoms with E-state index < -0.39 is 0 Å². The fourth-order valence-corrected chi connectivity index (χ4v) is 5.14. The van der Waals surface area contributed by atoms with Crippen LogP contribution in [0.3, 0.4) is 0 Å². The van der Waals surface area contributed by atoms with Crippen LogP contribution in [0.4, 0.5) is 5.69 Å². The van der Waals surface area contributed by atoms with Gasteiger partial charge in [0.1, 0.15) is 6.61 Å². The highest BCUT2D eigenvalue weighted by atomic mass is 35.5. The molecule has 0 aromatic heterocycles. The van der Waals surface area contributed by atoms with E-state index in [2.05, 4.69) is 23.6 Å². The zero-order valence-electron chi connectivity index (χ0n) is 21.7. The minimum Gasteiger partial charge on any atom is -0.375 e. The number of nitrogens with zero attached hydrogens (tertiary/aromatic N) is 4. The molecule has 0 unspecified atom stereocenters. The van der Waals surface area contributed by atoms with Crippen molar-refractivity contribution in [1.82, 2.24) is 14.7 Å². The molecule has 10 heteroatoms. The van der Waals surface area contributed by atoms with Gasteiger partial charge in [0, 0.05) is 56.8 Å². The zero-order valence-corrected chi connectivity index (χ0v) is 22.5. The molecule has 2 aliphatic heterocycles. The lowest BCUT2D eigenvalue weighted by molar-refractivity contribution is -0.134. The number of nitrogens with two attached hydrogens (primary N) is 1. The number of hydrogen-bond donors (Lipinski definition) is 1. The summed E-state index contributed by atoms with van der Waals surface area (Å²) in [6, 6.07) is 5.83. The molecule has 0 aliphatic carbocycles. The Hall–Kier alpha value is -2.20. The van der Waals surface area contributed by atoms with Crippen LogP contribution in [0.25, 0.3) is 0 Å². The first kappa shape index (κ1) is 28.4. The van der Waals surface area contributed by atoms with Crippen molar-refractivity contribution >= 4 is 35.0 Å². The lowest BCUT2D eigenvalue weighted by atomic mass is 9.96. The Morgan fingerprint density at radius 1 is 1.06 bits per heavy atom. The first-order chi connectivity index (χ1) is 17.2. The first-order valence-corrected chi connectivity index (χ1v) is 13.2. The molecule has 1 fully saturated rings. The first-order valence-electron chi connectivity index (χ1n) is 12.8. The maximum atomic E-state index is 13.5. The number of rotatable bonds is 6. The Morgan fingerprint density at radius 3 is 2.42 bits per heavy atom. The molecule has 0 bridgehead atoms. The topological polar surface area (TPSA) is 99.4 Å². The highest BCUT2D eigenvalue weighted by Gasteiger charge is 2.28. The van der Waals surface area contributed by atoms with Crippen molar-refractivity contribution in [1.29, 1.82) is 0 Å². The average Bonchev–Trinajstić information content (AvgIpc) is 2.87. The second-order valence-electron chi connectivity index (χ2n) is 10.0. The molecule has 0 spiro atoms. The maximum absolute atomic E-state index is 13.5. The Bertz CT molecular complexity index is 920. The molecule has 2 aliphatic rings.